The third-order valence-electron chi connectivity index (χ3n) is 3.24. The fourth-order valence-electron chi connectivity index (χ4n) is 1.27. The second-order valence-corrected chi connectivity index (χ2v) is 6.61. The number of hydroxylamine groups is 2. The molecule has 1 N–H and O–H groups in total. The molecule has 0 aromatic carbocycles. The zero-order chi connectivity index (χ0) is 15.3. The summed E-state index contributed by atoms with van der Waals surface area (Å²) in [5.74, 6) is 2.70. The number of nitrogens with zero attached hydrogens (tertiary/aromatic N) is 1. The van der Waals surface area contributed by atoms with Gasteiger partial charge in [0.05, 0.1) is 0 Å². The molecule has 0 unspecified atom stereocenters. The number of hydrogen-bond acceptors (Lipinski definition) is 3. The Hall–Kier alpha value is -1.05. The molecule has 19 heavy (non-hydrogen) atoms. The Morgan fingerprint density at radius 3 is 2.21 bits per heavy atom. The van der Waals surface area contributed by atoms with Crippen molar-refractivity contribution in [3.63, 3.8) is 0 Å². The van der Waals surface area contributed by atoms with Gasteiger partial charge in [-0.2, -0.15) is 5.06 Å². The smallest absolute Gasteiger partial charge is 0.237 e. The van der Waals surface area contributed by atoms with Crippen LogP contribution in [0.25, 0.3) is 0 Å². The molecule has 110 valence electrons. The van der Waals surface area contributed by atoms with Crippen LogP contribution in [0.1, 0.15) is 48.5 Å². The van der Waals surface area contributed by atoms with Gasteiger partial charge in [0.2, 0.25) is 5.91 Å². The summed E-state index contributed by atoms with van der Waals surface area (Å²) < 4.78 is 0. The molecule has 0 bridgehead atoms. The maximum atomic E-state index is 12.1. The minimum atomic E-state index is -0.282. The SMILES string of the molecule is C#CCON(CC(=O)NC(C)(C)C(C)C)C(C)(C)C. The van der Waals surface area contributed by atoms with E-state index in [4.69, 9.17) is 11.3 Å². The zero-order valence-corrected chi connectivity index (χ0v) is 13.3. The minimum absolute atomic E-state index is 0.0642. The molecule has 0 fully saturated rings. The van der Waals surface area contributed by atoms with Crippen LogP contribution in [0.15, 0.2) is 0 Å². The van der Waals surface area contributed by atoms with Gasteiger partial charge in [0.1, 0.15) is 13.2 Å². The Morgan fingerprint density at radius 2 is 1.84 bits per heavy atom. The fraction of sp³-hybridized carbons (Fsp3) is 0.800. The van der Waals surface area contributed by atoms with Gasteiger partial charge >= 0.3 is 0 Å². The second-order valence-electron chi connectivity index (χ2n) is 6.61. The van der Waals surface area contributed by atoms with Crippen molar-refractivity contribution < 1.29 is 9.63 Å². The topological polar surface area (TPSA) is 41.6 Å². The van der Waals surface area contributed by atoms with E-state index in [1.165, 1.54) is 0 Å². The maximum absolute atomic E-state index is 12.1. The molecular weight excluding hydrogens is 240 g/mol. The summed E-state index contributed by atoms with van der Waals surface area (Å²) in [6, 6.07) is 0. The highest BCUT2D eigenvalue weighted by molar-refractivity contribution is 5.78. The van der Waals surface area contributed by atoms with Crippen molar-refractivity contribution in [1.82, 2.24) is 10.4 Å². The number of amides is 1. The second kappa shape index (κ2) is 6.93. The average molecular weight is 268 g/mol. The van der Waals surface area contributed by atoms with Crippen molar-refractivity contribution in [3.05, 3.63) is 0 Å². The molecule has 0 aromatic rings. The Kier molecular flexibility index (Phi) is 6.54. The minimum Gasteiger partial charge on any atom is -0.350 e. The summed E-state index contributed by atoms with van der Waals surface area (Å²) in [5.41, 5.74) is -0.525. The van der Waals surface area contributed by atoms with Crippen molar-refractivity contribution >= 4 is 5.91 Å². The van der Waals surface area contributed by atoms with Crippen LogP contribution in [0, 0.1) is 18.3 Å². The van der Waals surface area contributed by atoms with Crippen molar-refractivity contribution in [3.8, 4) is 12.3 Å². The van der Waals surface area contributed by atoms with Gasteiger partial charge in [-0.05, 0) is 40.5 Å². The van der Waals surface area contributed by atoms with Crippen molar-refractivity contribution in [2.24, 2.45) is 5.92 Å². The fourth-order valence-corrected chi connectivity index (χ4v) is 1.27. The van der Waals surface area contributed by atoms with E-state index in [0.29, 0.717) is 5.92 Å². The molecular formula is C15H28N2O2. The molecule has 0 radical (unpaired) electrons. The average Bonchev–Trinajstić information content (AvgIpc) is 2.21. The summed E-state index contributed by atoms with van der Waals surface area (Å²) in [6.45, 7) is 14.4. The summed E-state index contributed by atoms with van der Waals surface area (Å²) in [4.78, 5) is 17.5. The molecule has 4 heteroatoms. The van der Waals surface area contributed by atoms with Crippen LogP contribution < -0.4 is 5.32 Å². The number of terminal acetylenes is 1. The first kappa shape index (κ1) is 17.9. The third-order valence-corrected chi connectivity index (χ3v) is 3.24. The monoisotopic (exact) mass is 268 g/mol. The Labute approximate surface area is 117 Å². The van der Waals surface area contributed by atoms with E-state index in [1.807, 2.05) is 34.6 Å². The Morgan fingerprint density at radius 1 is 1.32 bits per heavy atom. The molecule has 0 spiro atoms. The summed E-state index contributed by atoms with van der Waals surface area (Å²) in [5, 5.41) is 4.65. The Bertz CT molecular complexity index is 335. The molecule has 0 atom stereocenters. The standard InChI is InChI=1S/C15H28N2O2/c1-9-10-19-17(14(4,5)6)11-13(18)16-15(7,8)12(2)3/h1,12H,10-11H2,2-8H3,(H,16,18). The van der Waals surface area contributed by atoms with Gasteiger partial charge < -0.3 is 5.32 Å². The van der Waals surface area contributed by atoms with Crippen molar-refractivity contribution in [2.75, 3.05) is 13.2 Å². The lowest BCUT2D eigenvalue weighted by Gasteiger charge is -2.35. The number of hydrogen-bond donors (Lipinski definition) is 1. The number of rotatable bonds is 6. The lowest BCUT2D eigenvalue weighted by Crippen LogP contribution is -2.53. The number of carbonyl (C=O) groups excluding carboxylic acids is 1. The molecule has 1 amide bonds. The molecule has 0 aromatic heterocycles. The van der Waals surface area contributed by atoms with Gasteiger partial charge in [0.15, 0.2) is 0 Å². The van der Waals surface area contributed by atoms with Crippen LogP contribution in [-0.4, -0.2) is 35.2 Å². The Balaban J connectivity index is 4.61. The first-order valence-electron chi connectivity index (χ1n) is 6.65. The molecule has 0 aliphatic carbocycles. The summed E-state index contributed by atoms with van der Waals surface area (Å²) in [7, 11) is 0. The van der Waals surface area contributed by atoms with E-state index in [9.17, 15) is 4.79 Å². The largest absolute Gasteiger partial charge is 0.350 e. The van der Waals surface area contributed by atoms with Crippen LogP contribution in [0.5, 0.6) is 0 Å². The molecule has 0 rings (SSSR count). The lowest BCUT2D eigenvalue weighted by molar-refractivity contribution is -0.201. The zero-order valence-electron chi connectivity index (χ0n) is 13.3. The van der Waals surface area contributed by atoms with E-state index in [1.54, 1.807) is 5.06 Å². The van der Waals surface area contributed by atoms with E-state index in [-0.39, 0.29) is 30.1 Å². The molecule has 0 aliphatic rings. The first-order valence-corrected chi connectivity index (χ1v) is 6.65. The highest BCUT2D eigenvalue weighted by Crippen LogP contribution is 2.16. The molecule has 4 nitrogen and oxygen atoms in total. The van der Waals surface area contributed by atoms with Gasteiger partial charge in [0.25, 0.3) is 0 Å². The summed E-state index contributed by atoms with van der Waals surface area (Å²) >= 11 is 0. The quantitative estimate of drug-likeness (QED) is 0.593. The molecule has 0 saturated carbocycles. The van der Waals surface area contributed by atoms with E-state index in [2.05, 4.69) is 25.1 Å². The maximum Gasteiger partial charge on any atom is 0.237 e. The van der Waals surface area contributed by atoms with E-state index in [0.717, 1.165) is 0 Å². The van der Waals surface area contributed by atoms with Gasteiger partial charge in [-0.3, -0.25) is 9.63 Å². The molecule has 0 aliphatic heterocycles. The highest BCUT2D eigenvalue weighted by Gasteiger charge is 2.28. The van der Waals surface area contributed by atoms with Crippen LogP contribution in [0.4, 0.5) is 0 Å². The first-order chi connectivity index (χ1) is 8.50. The lowest BCUT2D eigenvalue weighted by atomic mass is 9.91. The van der Waals surface area contributed by atoms with Crippen molar-refractivity contribution in [1.29, 1.82) is 0 Å². The molecule has 0 saturated heterocycles. The van der Waals surface area contributed by atoms with E-state index >= 15 is 0 Å². The van der Waals surface area contributed by atoms with Crippen LogP contribution in [-0.2, 0) is 9.63 Å². The van der Waals surface area contributed by atoms with Gasteiger partial charge in [-0.25, -0.2) is 0 Å². The predicted molar refractivity (Wildman–Crippen MR) is 78.3 cm³/mol. The summed E-state index contributed by atoms with van der Waals surface area (Å²) in [6.07, 6.45) is 5.19. The number of carbonyl (C=O) groups is 1. The third kappa shape index (κ3) is 6.60. The molecule has 0 heterocycles. The predicted octanol–water partition coefficient (Wildman–Crippen LogP) is 2.20. The van der Waals surface area contributed by atoms with Gasteiger partial charge in [0, 0.05) is 11.1 Å². The number of nitrogens with one attached hydrogen (secondary N) is 1. The van der Waals surface area contributed by atoms with E-state index < -0.39 is 0 Å². The van der Waals surface area contributed by atoms with Crippen LogP contribution in [0.2, 0.25) is 0 Å². The highest BCUT2D eigenvalue weighted by atomic mass is 16.7. The normalized spacial score (nSPS) is 12.6. The van der Waals surface area contributed by atoms with Crippen LogP contribution >= 0.6 is 0 Å². The van der Waals surface area contributed by atoms with Gasteiger partial charge in [-0.1, -0.05) is 19.8 Å². The van der Waals surface area contributed by atoms with Gasteiger partial charge in [-0.15, -0.1) is 6.42 Å². The van der Waals surface area contributed by atoms with Crippen LogP contribution in [0.3, 0.4) is 0 Å². The van der Waals surface area contributed by atoms with Crippen molar-refractivity contribution in [2.45, 2.75) is 59.5 Å².